The summed E-state index contributed by atoms with van der Waals surface area (Å²) in [4.78, 5) is 14.7. The van der Waals surface area contributed by atoms with Gasteiger partial charge in [-0.2, -0.15) is 0 Å². The minimum absolute atomic E-state index is 0.126. The van der Waals surface area contributed by atoms with Crippen molar-refractivity contribution in [2.24, 2.45) is 11.7 Å². The molecule has 1 aromatic rings. The van der Waals surface area contributed by atoms with Gasteiger partial charge in [0.05, 0.1) is 12.1 Å². The molecule has 0 aromatic carbocycles. The highest BCUT2D eigenvalue weighted by Crippen LogP contribution is 2.35. The summed E-state index contributed by atoms with van der Waals surface area (Å²) < 4.78 is 5.30. The van der Waals surface area contributed by atoms with E-state index in [0.29, 0.717) is 29.8 Å². The van der Waals surface area contributed by atoms with E-state index < -0.39 is 0 Å². The molecule has 0 radical (unpaired) electrons. The predicted molar refractivity (Wildman–Crippen MR) is 77.2 cm³/mol. The third-order valence-corrected chi connectivity index (χ3v) is 4.86. The Morgan fingerprint density at radius 1 is 1.25 bits per heavy atom. The quantitative estimate of drug-likeness (QED) is 0.923. The van der Waals surface area contributed by atoms with E-state index >= 15 is 0 Å². The van der Waals surface area contributed by atoms with Gasteiger partial charge in [-0.05, 0) is 37.7 Å². The highest BCUT2D eigenvalue weighted by molar-refractivity contribution is 5.94. The van der Waals surface area contributed by atoms with E-state index in [0.717, 1.165) is 19.4 Å². The highest BCUT2D eigenvalue weighted by atomic mass is 16.3. The minimum atomic E-state index is 0.126. The Hall–Kier alpha value is -1.29. The van der Waals surface area contributed by atoms with E-state index in [-0.39, 0.29) is 5.91 Å². The van der Waals surface area contributed by atoms with Crippen LogP contribution in [0.15, 0.2) is 16.7 Å². The summed E-state index contributed by atoms with van der Waals surface area (Å²) in [6, 6.07) is 2.23. The fraction of sp³-hybridized carbons (Fsp3) is 0.688. The number of carbonyl (C=O) groups excluding carboxylic acids is 1. The van der Waals surface area contributed by atoms with E-state index in [2.05, 4.69) is 4.90 Å². The molecule has 1 aliphatic heterocycles. The number of hydrogen-bond acceptors (Lipinski definition) is 3. The van der Waals surface area contributed by atoms with Crippen LogP contribution in [-0.4, -0.2) is 23.4 Å². The average Bonchev–Trinajstić information content (AvgIpc) is 3.16. The lowest BCUT2D eigenvalue weighted by molar-refractivity contribution is 0.0661. The minimum Gasteiger partial charge on any atom is -0.467 e. The van der Waals surface area contributed by atoms with E-state index in [1.807, 2.05) is 0 Å². The second-order valence-electron chi connectivity index (χ2n) is 6.11. The predicted octanol–water partition coefficient (Wildman–Crippen LogP) is 2.92. The van der Waals surface area contributed by atoms with Crippen molar-refractivity contribution in [3.8, 4) is 0 Å². The second kappa shape index (κ2) is 6.00. The Bertz CT molecular complexity index is 463. The first kappa shape index (κ1) is 13.7. The number of nitrogens with zero attached hydrogens (tertiary/aromatic N) is 1. The summed E-state index contributed by atoms with van der Waals surface area (Å²) >= 11 is 0. The van der Waals surface area contributed by atoms with Crippen LogP contribution in [0.25, 0.3) is 0 Å². The first-order chi connectivity index (χ1) is 9.79. The van der Waals surface area contributed by atoms with Gasteiger partial charge in [-0.25, -0.2) is 0 Å². The first-order valence-corrected chi connectivity index (χ1v) is 7.88. The van der Waals surface area contributed by atoms with Crippen molar-refractivity contribution in [2.45, 2.75) is 57.5 Å². The van der Waals surface area contributed by atoms with Crippen molar-refractivity contribution in [2.75, 3.05) is 6.54 Å². The highest BCUT2D eigenvalue weighted by Gasteiger charge is 2.35. The van der Waals surface area contributed by atoms with Crippen LogP contribution in [-0.2, 0) is 6.54 Å². The molecule has 4 heteroatoms. The number of carbonyl (C=O) groups is 1. The molecule has 110 valence electrons. The number of likely N-dealkylation sites (tertiary alicyclic amines) is 1. The number of hydrogen-bond donors (Lipinski definition) is 1. The molecule has 1 atom stereocenters. The Kier molecular flexibility index (Phi) is 4.10. The number of amides is 1. The molecule has 4 nitrogen and oxygen atoms in total. The number of furan rings is 1. The zero-order valence-corrected chi connectivity index (χ0v) is 12.0. The summed E-state index contributed by atoms with van der Waals surface area (Å²) in [5, 5.41) is 0. The summed E-state index contributed by atoms with van der Waals surface area (Å²) in [6.07, 6.45) is 10.4. The van der Waals surface area contributed by atoms with Crippen LogP contribution in [0.4, 0.5) is 0 Å². The lowest BCUT2D eigenvalue weighted by Gasteiger charge is -2.33. The van der Waals surface area contributed by atoms with E-state index in [4.69, 9.17) is 10.2 Å². The maximum atomic E-state index is 12.7. The Morgan fingerprint density at radius 2 is 2.05 bits per heavy atom. The SMILES string of the molecule is NCc1cc(C(=O)N2CCCC2C2CCCCC2)co1. The molecule has 2 N–H and O–H groups in total. The van der Waals surface area contributed by atoms with Gasteiger partial charge in [-0.3, -0.25) is 4.79 Å². The number of nitrogens with two attached hydrogens (primary N) is 1. The second-order valence-corrected chi connectivity index (χ2v) is 6.11. The van der Waals surface area contributed by atoms with Gasteiger partial charge in [0.15, 0.2) is 0 Å². The maximum absolute atomic E-state index is 12.7. The standard InChI is InChI=1S/C16H24N2O2/c17-10-14-9-13(11-20-14)16(19)18-8-4-7-15(18)12-5-2-1-3-6-12/h9,11-12,15H,1-8,10,17H2. The molecular weight excluding hydrogens is 252 g/mol. The van der Waals surface area contributed by atoms with Gasteiger partial charge < -0.3 is 15.1 Å². The lowest BCUT2D eigenvalue weighted by Crippen LogP contribution is -2.40. The molecule has 2 aliphatic rings. The van der Waals surface area contributed by atoms with E-state index in [1.54, 1.807) is 12.3 Å². The van der Waals surface area contributed by atoms with Gasteiger partial charge in [0.25, 0.3) is 5.91 Å². The summed E-state index contributed by atoms with van der Waals surface area (Å²) in [5.41, 5.74) is 6.20. The topological polar surface area (TPSA) is 59.5 Å². The molecule has 1 saturated carbocycles. The molecule has 1 saturated heterocycles. The van der Waals surface area contributed by atoms with E-state index in [9.17, 15) is 4.79 Å². The van der Waals surface area contributed by atoms with Crippen LogP contribution < -0.4 is 5.73 Å². The van der Waals surface area contributed by atoms with Crippen molar-refractivity contribution in [3.05, 3.63) is 23.7 Å². The van der Waals surface area contributed by atoms with Crippen molar-refractivity contribution in [1.29, 1.82) is 0 Å². The van der Waals surface area contributed by atoms with Gasteiger partial charge in [0.1, 0.15) is 12.0 Å². The van der Waals surface area contributed by atoms with Crippen molar-refractivity contribution in [3.63, 3.8) is 0 Å². The van der Waals surface area contributed by atoms with Crippen LogP contribution in [0.5, 0.6) is 0 Å². The van der Waals surface area contributed by atoms with Crippen LogP contribution >= 0.6 is 0 Å². The fourth-order valence-corrected chi connectivity index (χ4v) is 3.82. The zero-order valence-electron chi connectivity index (χ0n) is 12.0. The first-order valence-electron chi connectivity index (χ1n) is 7.88. The normalized spacial score (nSPS) is 24.2. The molecule has 3 rings (SSSR count). The largest absolute Gasteiger partial charge is 0.467 e. The molecule has 1 unspecified atom stereocenters. The molecule has 20 heavy (non-hydrogen) atoms. The van der Waals surface area contributed by atoms with Crippen molar-refractivity contribution >= 4 is 5.91 Å². The third kappa shape index (κ3) is 2.62. The van der Waals surface area contributed by atoms with Gasteiger partial charge in [0.2, 0.25) is 0 Å². The maximum Gasteiger partial charge on any atom is 0.257 e. The van der Waals surface area contributed by atoms with Gasteiger partial charge in [-0.15, -0.1) is 0 Å². The molecule has 2 heterocycles. The summed E-state index contributed by atoms with van der Waals surface area (Å²) in [5.74, 6) is 1.51. The summed E-state index contributed by atoms with van der Waals surface area (Å²) in [6.45, 7) is 1.24. The molecule has 0 spiro atoms. The van der Waals surface area contributed by atoms with Crippen LogP contribution in [0.2, 0.25) is 0 Å². The average molecular weight is 276 g/mol. The van der Waals surface area contributed by atoms with Crippen molar-refractivity contribution < 1.29 is 9.21 Å². The van der Waals surface area contributed by atoms with Crippen molar-refractivity contribution in [1.82, 2.24) is 4.90 Å². The van der Waals surface area contributed by atoms with Crippen LogP contribution in [0, 0.1) is 5.92 Å². The van der Waals surface area contributed by atoms with Gasteiger partial charge in [0, 0.05) is 12.6 Å². The smallest absolute Gasteiger partial charge is 0.257 e. The molecule has 0 bridgehead atoms. The Balaban J connectivity index is 1.72. The molecule has 2 fully saturated rings. The fourth-order valence-electron chi connectivity index (χ4n) is 3.82. The van der Waals surface area contributed by atoms with Gasteiger partial charge in [-0.1, -0.05) is 19.3 Å². The Labute approximate surface area is 120 Å². The molecule has 1 aliphatic carbocycles. The Morgan fingerprint density at radius 3 is 2.75 bits per heavy atom. The molecule has 1 aromatic heterocycles. The monoisotopic (exact) mass is 276 g/mol. The molecular formula is C16H24N2O2. The van der Waals surface area contributed by atoms with E-state index in [1.165, 1.54) is 32.1 Å². The molecule has 1 amide bonds. The summed E-state index contributed by atoms with van der Waals surface area (Å²) in [7, 11) is 0. The van der Waals surface area contributed by atoms with Crippen LogP contribution in [0.1, 0.15) is 61.1 Å². The number of rotatable bonds is 3. The van der Waals surface area contributed by atoms with Gasteiger partial charge >= 0.3 is 0 Å². The van der Waals surface area contributed by atoms with Crippen LogP contribution in [0.3, 0.4) is 0 Å². The third-order valence-electron chi connectivity index (χ3n) is 4.86. The lowest BCUT2D eigenvalue weighted by atomic mass is 9.83. The zero-order chi connectivity index (χ0) is 13.9.